The quantitative estimate of drug-likeness (QED) is 0.734. The largest absolute Gasteiger partial charge is 0.399 e. The van der Waals surface area contributed by atoms with Gasteiger partial charge in [-0.05, 0) is 25.0 Å². The number of carbonyl (C=O) groups is 1. The number of carbonyl (C=O) groups excluding carboxylic acids is 1. The van der Waals surface area contributed by atoms with Crippen LogP contribution in [0.15, 0.2) is 12.1 Å². The first-order chi connectivity index (χ1) is 8.97. The summed E-state index contributed by atoms with van der Waals surface area (Å²) in [7, 11) is -0.727. The summed E-state index contributed by atoms with van der Waals surface area (Å²) in [4.78, 5) is 11.4. The van der Waals surface area contributed by atoms with Gasteiger partial charge in [0.1, 0.15) is 0 Å². The van der Waals surface area contributed by atoms with Gasteiger partial charge in [-0.15, -0.1) is 0 Å². The highest BCUT2D eigenvalue weighted by Gasteiger charge is 2.21. The minimum Gasteiger partial charge on any atom is -0.399 e. The Morgan fingerprint density at radius 1 is 1.37 bits per heavy atom. The summed E-state index contributed by atoms with van der Waals surface area (Å²) in [5.74, 6) is 0.753. The van der Waals surface area contributed by atoms with Gasteiger partial charge in [0.05, 0.1) is 16.3 Å². The molecule has 1 aliphatic heterocycles. The van der Waals surface area contributed by atoms with E-state index in [-0.39, 0.29) is 11.6 Å². The van der Waals surface area contributed by atoms with Gasteiger partial charge < -0.3 is 16.8 Å². The minimum atomic E-state index is -0.727. The van der Waals surface area contributed by atoms with Crippen LogP contribution in [-0.2, 0) is 10.8 Å². The van der Waals surface area contributed by atoms with Crippen LogP contribution in [0.1, 0.15) is 23.2 Å². The molecule has 0 aliphatic carbocycles. The third-order valence-electron chi connectivity index (χ3n) is 3.11. The van der Waals surface area contributed by atoms with E-state index in [0.29, 0.717) is 27.9 Å². The highest BCUT2D eigenvalue weighted by molar-refractivity contribution is 7.85. The third-order valence-corrected chi connectivity index (χ3v) is 4.79. The van der Waals surface area contributed by atoms with Crippen molar-refractivity contribution >= 4 is 39.7 Å². The van der Waals surface area contributed by atoms with Crippen LogP contribution < -0.4 is 16.8 Å². The van der Waals surface area contributed by atoms with Gasteiger partial charge >= 0.3 is 0 Å². The maximum atomic E-state index is 11.4. The Morgan fingerprint density at radius 2 is 2.00 bits per heavy atom. The average Bonchev–Trinajstić information content (AvgIpc) is 2.34. The van der Waals surface area contributed by atoms with Crippen LogP contribution in [0, 0.1) is 0 Å². The summed E-state index contributed by atoms with van der Waals surface area (Å²) >= 11 is 6.12. The number of halogens is 1. The van der Waals surface area contributed by atoms with Crippen LogP contribution in [0.4, 0.5) is 11.4 Å². The molecule has 2 rings (SSSR count). The summed E-state index contributed by atoms with van der Waals surface area (Å²) in [6, 6.07) is 3.24. The molecule has 0 aromatic heterocycles. The first-order valence-corrected chi connectivity index (χ1v) is 7.84. The molecule has 1 aromatic carbocycles. The van der Waals surface area contributed by atoms with Crippen molar-refractivity contribution in [1.82, 2.24) is 0 Å². The van der Waals surface area contributed by atoms with Gasteiger partial charge in [0, 0.05) is 34.0 Å². The zero-order valence-corrected chi connectivity index (χ0v) is 11.9. The average molecular weight is 302 g/mol. The van der Waals surface area contributed by atoms with Crippen molar-refractivity contribution in [3.8, 4) is 0 Å². The standard InChI is InChI=1S/C12H16ClN3O2S/c13-10-6-7(14)5-9(12(15)17)11(10)16-8-1-3-19(18)4-2-8/h5-6,8,16H,1-4,14H2,(H2,15,17). The summed E-state index contributed by atoms with van der Waals surface area (Å²) in [5, 5.41) is 3.60. The molecule has 1 heterocycles. The number of benzene rings is 1. The van der Waals surface area contributed by atoms with Crippen molar-refractivity contribution in [3.63, 3.8) is 0 Å². The number of amides is 1. The van der Waals surface area contributed by atoms with Gasteiger partial charge in [0.2, 0.25) is 0 Å². The van der Waals surface area contributed by atoms with Gasteiger partial charge in [-0.1, -0.05) is 11.6 Å². The van der Waals surface area contributed by atoms with Crippen LogP contribution in [0.5, 0.6) is 0 Å². The van der Waals surface area contributed by atoms with E-state index in [1.54, 1.807) is 6.07 Å². The molecule has 0 saturated carbocycles. The molecule has 1 aromatic rings. The van der Waals surface area contributed by atoms with Crippen molar-refractivity contribution in [3.05, 3.63) is 22.7 Å². The smallest absolute Gasteiger partial charge is 0.250 e. The fraction of sp³-hybridized carbons (Fsp3) is 0.417. The molecule has 1 aliphatic rings. The lowest BCUT2D eigenvalue weighted by atomic mass is 10.1. The van der Waals surface area contributed by atoms with E-state index in [2.05, 4.69) is 5.32 Å². The number of hydrogen-bond donors (Lipinski definition) is 3. The second-order valence-electron chi connectivity index (χ2n) is 4.56. The zero-order valence-electron chi connectivity index (χ0n) is 10.3. The lowest BCUT2D eigenvalue weighted by Gasteiger charge is -2.25. The lowest BCUT2D eigenvalue weighted by molar-refractivity contribution is 0.100. The van der Waals surface area contributed by atoms with E-state index in [1.165, 1.54) is 6.07 Å². The fourth-order valence-electron chi connectivity index (χ4n) is 2.11. The normalized spacial score (nSPS) is 23.0. The predicted molar refractivity (Wildman–Crippen MR) is 78.9 cm³/mol. The monoisotopic (exact) mass is 301 g/mol. The molecule has 5 N–H and O–H groups in total. The highest BCUT2D eigenvalue weighted by atomic mass is 35.5. The topological polar surface area (TPSA) is 98.2 Å². The van der Waals surface area contributed by atoms with Crippen LogP contribution in [0.25, 0.3) is 0 Å². The maximum Gasteiger partial charge on any atom is 0.250 e. The highest BCUT2D eigenvalue weighted by Crippen LogP contribution is 2.30. The van der Waals surface area contributed by atoms with Crippen molar-refractivity contribution in [1.29, 1.82) is 0 Å². The third kappa shape index (κ3) is 3.39. The second kappa shape index (κ2) is 5.79. The number of rotatable bonds is 3. The van der Waals surface area contributed by atoms with E-state index in [0.717, 1.165) is 12.8 Å². The van der Waals surface area contributed by atoms with E-state index in [1.807, 2.05) is 0 Å². The molecule has 0 radical (unpaired) electrons. The molecule has 0 spiro atoms. The number of anilines is 2. The molecule has 1 amide bonds. The molecule has 1 fully saturated rings. The van der Waals surface area contributed by atoms with Crippen molar-refractivity contribution < 1.29 is 9.00 Å². The van der Waals surface area contributed by atoms with Gasteiger partial charge in [0.25, 0.3) is 5.91 Å². The van der Waals surface area contributed by atoms with E-state index in [9.17, 15) is 9.00 Å². The van der Waals surface area contributed by atoms with Gasteiger partial charge in [-0.2, -0.15) is 0 Å². The van der Waals surface area contributed by atoms with Crippen molar-refractivity contribution in [2.24, 2.45) is 5.73 Å². The van der Waals surface area contributed by atoms with Gasteiger partial charge in [0.15, 0.2) is 0 Å². The van der Waals surface area contributed by atoms with Crippen LogP contribution >= 0.6 is 11.6 Å². The number of hydrogen-bond acceptors (Lipinski definition) is 4. The molecular formula is C12H16ClN3O2S. The molecular weight excluding hydrogens is 286 g/mol. The SMILES string of the molecule is NC(=O)c1cc(N)cc(Cl)c1NC1CCS(=O)CC1. The number of primary amides is 1. The number of nitrogens with two attached hydrogens (primary N) is 2. The van der Waals surface area contributed by atoms with Gasteiger partial charge in [-0.3, -0.25) is 9.00 Å². The summed E-state index contributed by atoms with van der Waals surface area (Å²) < 4.78 is 11.3. The second-order valence-corrected chi connectivity index (χ2v) is 6.66. The molecule has 5 nitrogen and oxygen atoms in total. The zero-order chi connectivity index (χ0) is 14.0. The first kappa shape index (κ1) is 14.1. The molecule has 0 bridgehead atoms. The Kier molecular flexibility index (Phi) is 4.31. The van der Waals surface area contributed by atoms with E-state index in [4.69, 9.17) is 23.1 Å². The Hall–Kier alpha value is -1.27. The summed E-state index contributed by atoms with van der Waals surface area (Å²) in [5.41, 5.74) is 12.2. The van der Waals surface area contributed by atoms with Crippen molar-refractivity contribution in [2.45, 2.75) is 18.9 Å². The molecule has 1 saturated heterocycles. The van der Waals surface area contributed by atoms with Crippen LogP contribution in [0.3, 0.4) is 0 Å². The summed E-state index contributed by atoms with van der Waals surface area (Å²) in [6.45, 7) is 0. The molecule has 7 heteroatoms. The maximum absolute atomic E-state index is 11.4. The fourth-order valence-corrected chi connectivity index (χ4v) is 3.69. The van der Waals surface area contributed by atoms with Crippen LogP contribution in [-0.4, -0.2) is 27.7 Å². The number of nitrogens with one attached hydrogen (secondary N) is 1. The molecule has 0 atom stereocenters. The molecule has 104 valence electrons. The minimum absolute atomic E-state index is 0.150. The Bertz CT molecular complexity index is 526. The lowest BCUT2D eigenvalue weighted by Crippen LogP contribution is -2.30. The Balaban J connectivity index is 2.24. The molecule has 19 heavy (non-hydrogen) atoms. The van der Waals surface area contributed by atoms with Gasteiger partial charge in [-0.25, -0.2) is 0 Å². The first-order valence-electron chi connectivity index (χ1n) is 5.97. The molecule has 0 unspecified atom stereocenters. The Morgan fingerprint density at radius 3 is 2.58 bits per heavy atom. The van der Waals surface area contributed by atoms with Crippen LogP contribution in [0.2, 0.25) is 5.02 Å². The summed E-state index contributed by atoms with van der Waals surface area (Å²) in [6.07, 6.45) is 1.57. The predicted octanol–water partition coefficient (Wildman–Crippen LogP) is 1.34. The van der Waals surface area contributed by atoms with Crippen molar-refractivity contribution in [2.75, 3.05) is 22.6 Å². The van der Waals surface area contributed by atoms with E-state index < -0.39 is 16.7 Å². The van der Waals surface area contributed by atoms with E-state index >= 15 is 0 Å². The number of nitrogen functional groups attached to an aromatic ring is 1. The Labute approximate surface area is 119 Å².